The van der Waals surface area contributed by atoms with Crippen molar-refractivity contribution in [2.45, 2.75) is 48.4 Å². The molecule has 3 aromatic rings. The zero-order valence-corrected chi connectivity index (χ0v) is 21.3. The van der Waals surface area contributed by atoms with Gasteiger partial charge in [0.05, 0.1) is 21.2 Å². The Labute approximate surface area is 214 Å². The Morgan fingerprint density at radius 1 is 1.11 bits per heavy atom. The topological polar surface area (TPSA) is 108 Å². The van der Waals surface area contributed by atoms with Crippen molar-refractivity contribution in [3.8, 4) is 11.1 Å². The van der Waals surface area contributed by atoms with E-state index in [2.05, 4.69) is 28.5 Å². The Hall–Kier alpha value is -3.54. The first-order valence-corrected chi connectivity index (χ1v) is 12.6. The number of carboxylic acid groups (broad SMARTS) is 1. The summed E-state index contributed by atoms with van der Waals surface area (Å²) in [7, 11) is 2.86. The molecule has 2 N–H and O–H groups in total. The van der Waals surface area contributed by atoms with Gasteiger partial charge in [-0.25, -0.2) is 9.78 Å². The fourth-order valence-electron chi connectivity index (χ4n) is 4.27. The Morgan fingerprint density at radius 3 is 2.27 bits per heavy atom. The van der Waals surface area contributed by atoms with Gasteiger partial charge in [-0.15, -0.1) is 0 Å². The molecule has 0 bridgehead atoms. The SMILES string of the molecule is Cc1cc(-c2ccc(Nc3nc4c(c(N(C)C)n3)S(=O)C3(CCC3)C4)cc2)ccn1.O=C(O)C(F)(F)F. The maximum absolute atomic E-state index is 13.2. The molecule has 0 amide bonds. The molecule has 37 heavy (non-hydrogen) atoms. The number of hydrogen-bond acceptors (Lipinski definition) is 7. The summed E-state index contributed by atoms with van der Waals surface area (Å²) >= 11 is 0. The summed E-state index contributed by atoms with van der Waals surface area (Å²) in [6, 6.07) is 12.3. The van der Waals surface area contributed by atoms with Gasteiger partial charge in [0.2, 0.25) is 5.95 Å². The number of aliphatic carboxylic acids is 1. The predicted octanol–water partition coefficient (Wildman–Crippen LogP) is 4.88. The van der Waals surface area contributed by atoms with Crippen LogP contribution in [0.2, 0.25) is 0 Å². The average Bonchev–Trinajstić information content (AvgIpc) is 3.11. The second-order valence-electron chi connectivity index (χ2n) is 9.21. The number of halogens is 3. The lowest BCUT2D eigenvalue weighted by molar-refractivity contribution is -0.192. The summed E-state index contributed by atoms with van der Waals surface area (Å²) in [4.78, 5) is 25.4. The molecule has 8 nitrogen and oxygen atoms in total. The number of carboxylic acids is 1. The lowest BCUT2D eigenvalue weighted by Gasteiger charge is -2.36. The minimum absolute atomic E-state index is 0.106. The summed E-state index contributed by atoms with van der Waals surface area (Å²) < 4.78 is 44.8. The molecule has 0 saturated heterocycles. The van der Waals surface area contributed by atoms with Gasteiger partial charge in [-0.3, -0.25) is 9.19 Å². The van der Waals surface area contributed by atoms with Crippen LogP contribution in [0.3, 0.4) is 0 Å². The molecule has 1 spiro atoms. The largest absolute Gasteiger partial charge is 0.490 e. The molecule has 1 fully saturated rings. The van der Waals surface area contributed by atoms with Gasteiger partial charge in [-0.2, -0.15) is 18.2 Å². The second-order valence-corrected chi connectivity index (χ2v) is 11.0. The Bertz CT molecular complexity index is 1340. The molecular weight excluding hydrogens is 507 g/mol. The number of benzene rings is 1. The van der Waals surface area contributed by atoms with Crippen molar-refractivity contribution in [3.63, 3.8) is 0 Å². The highest BCUT2D eigenvalue weighted by Crippen LogP contribution is 2.50. The normalized spacial score (nSPS) is 17.3. The number of hydrogen-bond donors (Lipinski definition) is 2. The lowest BCUT2D eigenvalue weighted by atomic mass is 9.81. The van der Waals surface area contributed by atoms with Crippen LogP contribution in [0.25, 0.3) is 11.1 Å². The summed E-state index contributed by atoms with van der Waals surface area (Å²) in [5.41, 5.74) is 5.13. The molecule has 1 aliphatic heterocycles. The zero-order valence-electron chi connectivity index (χ0n) is 20.5. The van der Waals surface area contributed by atoms with Crippen molar-refractivity contribution in [1.82, 2.24) is 15.0 Å². The van der Waals surface area contributed by atoms with Crippen LogP contribution in [0, 0.1) is 6.92 Å². The summed E-state index contributed by atoms with van der Waals surface area (Å²) in [6.45, 7) is 1.99. The van der Waals surface area contributed by atoms with Crippen LogP contribution in [0.4, 0.5) is 30.6 Å². The van der Waals surface area contributed by atoms with Crippen LogP contribution in [0.15, 0.2) is 47.5 Å². The van der Waals surface area contributed by atoms with Crippen LogP contribution < -0.4 is 10.2 Å². The molecule has 1 unspecified atom stereocenters. The van der Waals surface area contributed by atoms with Gasteiger partial charge >= 0.3 is 12.1 Å². The third-order valence-electron chi connectivity index (χ3n) is 6.29. The van der Waals surface area contributed by atoms with Gasteiger partial charge < -0.3 is 15.3 Å². The van der Waals surface area contributed by atoms with Crippen molar-refractivity contribution >= 4 is 34.2 Å². The number of fused-ring (bicyclic) bond motifs is 1. The number of rotatable bonds is 4. The molecule has 5 rings (SSSR count). The Kier molecular flexibility index (Phi) is 7.22. The molecule has 0 radical (unpaired) electrons. The number of nitrogens with zero attached hydrogens (tertiary/aromatic N) is 4. The molecular formula is C25H26F3N5O3S. The van der Waals surface area contributed by atoms with Crippen molar-refractivity contribution in [2.24, 2.45) is 0 Å². The Morgan fingerprint density at radius 2 is 1.76 bits per heavy atom. The number of alkyl halides is 3. The van der Waals surface area contributed by atoms with Crippen molar-refractivity contribution in [2.75, 3.05) is 24.3 Å². The molecule has 1 aromatic carbocycles. The van der Waals surface area contributed by atoms with Gasteiger partial charge in [-0.05, 0) is 55.2 Å². The molecule has 2 aliphatic rings. The fraction of sp³-hybridized carbons (Fsp3) is 0.360. The minimum Gasteiger partial charge on any atom is -0.475 e. The van der Waals surface area contributed by atoms with Crippen molar-refractivity contribution < 1.29 is 27.3 Å². The third-order valence-corrected chi connectivity index (χ3v) is 8.42. The fourth-order valence-corrected chi connectivity index (χ4v) is 6.36. The van der Waals surface area contributed by atoms with E-state index in [0.29, 0.717) is 5.95 Å². The first-order chi connectivity index (χ1) is 17.4. The molecule has 1 saturated carbocycles. The van der Waals surface area contributed by atoms with E-state index in [1.54, 1.807) is 0 Å². The maximum atomic E-state index is 13.2. The maximum Gasteiger partial charge on any atom is 0.490 e. The van der Waals surface area contributed by atoms with E-state index in [1.807, 2.05) is 50.3 Å². The number of carbonyl (C=O) groups is 1. The van der Waals surface area contributed by atoms with Crippen molar-refractivity contribution in [3.05, 3.63) is 54.0 Å². The molecule has 2 aromatic heterocycles. The highest BCUT2D eigenvalue weighted by atomic mass is 32.2. The standard InChI is InChI=1S/C23H25N5OS.C2HF3O2/c1-15-13-17(9-12-24-15)16-5-7-18(8-6-16)25-22-26-19-14-23(10-4-11-23)30(29)20(19)21(27-22)28(2)3;3-2(4,5)1(6)7/h5-9,12-13H,4,10-11,14H2,1-3H3,(H,25,26,27);(H,6,7). The van der Waals surface area contributed by atoms with Crippen LogP contribution >= 0.6 is 0 Å². The smallest absolute Gasteiger partial charge is 0.475 e. The number of nitrogens with one attached hydrogen (secondary N) is 1. The van der Waals surface area contributed by atoms with E-state index < -0.39 is 22.9 Å². The van der Waals surface area contributed by atoms with Crippen LogP contribution in [-0.4, -0.2) is 55.3 Å². The van der Waals surface area contributed by atoms with E-state index in [1.165, 1.54) is 0 Å². The van der Waals surface area contributed by atoms with Gasteiger partial charge in [-0.1, -0.05) is 18.6 Å². The van der Waals surface area contributed by atoms with Crippen LogP contribution in [0.5, 0.6) is 0 Å². The van der Waals surface area contributed by atoms with Gasteiger partial charge in [0, 0.05) is 38.1 Å². The summed E-state index contributed by atoms with van der Waals surface area (Å²) in [6.07, 6.45) is 0.714. The number of anilines is 3. The van der Waals surface area contributed by atoms with Crippen LogP contribution in [-0.2, 0) is 22.0 Å². The van der Waals surface area contributed by atoms with E-state index in [4.69, 9.17) is 19.9 Å². The molecule has 196 valence electrons. The number of aromatic nitrogens is 3. The molecule has 12 heteroatoms. The first-order valence-electron chi connectivity index (χ1n) is 11.5. The molecule has 1 atom stereocenters. The van der Waals surface area contributed by atoms with Gasteiger partial charge in [0.15, 0.2) is 0 Å². The van der Waals surface area contributed by atoms with E-state index in [9.17, 15) is 17.4 Å². The molecule has 3 heterocycles. The third kappa shape index (κ3) is 5.58. The van der Waals surface area contributed by atoms with E-state index >= 15 is 0 Å². The number of aryl methyl sites for hydroxylation is 1. The summed E-state index contributed by atoms with van der Waals surface area (Å²) in [5.74, 6) is -1.45. The van der Waals surface area contributed by atoms with Gasteiger partial charge in [0.1, 0.15) is 10.7 Å². The highest BCUT2D eigenvalue weighted by Gasteiger charge is 2.51. The van der Waals surface area contributed by atoms with Gasteiger partial charge in [0.25, 0.3) is 0 Å². The predicted molar refractivity (Wildman–Crippen MR) is 134 cm³/mol. The first kappa shape index (κ1) is 26.5. The average molecular weight is 534 g/mol. The van der Waals surface area contributed by atoms with Crippen molar-refractivity contribution in [1.29, 1.82) is 0 Å². The summed E-state index contributed by atoms with van der Waals surface area (Å²) in [5, 5.41) is 10.5. The van der Waals surface area contributed by atoms with E-state index in [-0.39, 0.29) is 4.75 Å². The second kappa shape index (κ2) is 10.1. The quantitative estimate of drug-likeness (QED) is 0.489. The van der Waals surface area contributed by atoms with Crippen LogP contribution in [0.1, 0.15) is 30.7 Å². The monoisotopic (exact) mass is 533 g/mol. The zero-order chi connectivity index (χ0) is 27.0. The minimum atomic E-state index is -5.08. The number of pyridine rings is 1. The highest BCUT2D eigenvalue weighted by molar-refractivity contribution is 7.87. The lowest BCUT2D eigenvalue weighted by Crippen LogP contribution is -2.39. The Balaban J connectivity index is 0.000000405. The van der Waals surface area contributed by atoms with E-state index in [0.717, 1.165) is 64.6 Å². The molecule has 1 aliphatic carbocycles.